The van der Waals surface area contributed by atoms with Gasteiger partial charge in [-0.2, -0.15) is 13.5 Å². The smallest absolute Gasteiger partial charge is 0.871 e. The van der Waals surface area contributed by atoms with Gasteiger partial charge in [0.05, 0.1) is 11.4 Å². The van der Waals surface area contributed by atoms with Crippen LogP contribution in [0, 0.1) is 0 Å². The van der Waals surface area contributed by atoms with Gasteiger partial charge in [-0.05, 0) is 59.3 Å². The van der Waals surface area contributed by atoms with Crippen LogP contribution in [0.4, 0.5) is 22.7 Å². The van der Waals surface area contributed by atoms with Crippen molar-refractivity contribution in [3.05, 3.63) is 84.4 Å². The van der Waals surface area contributed by atoms with E-state index in [0.717, 1.165) is 6.07 Å². The van der Waals surface area contributed by atoms with Crippen molar-refractivity contribution in [3.63, 3.8) is 0 Å². The minimum absolute atomic E-state index is 0. The van der Waals surface area contributed by atoms with Crippen molar-refractivity contribution in [1.82, 2.24) is 0 Å². The summed E-state index contributed by atoms with van der Waals surface area (Å²) < 4.78 is 33.6. The first-order valence-electron chi connectivity index (χ1n) is 9.61. The molecule has 4 aromatic carbocycles. The van der Waals surface area contributed by atoms with Crippen LogP contribution in [0.5, 0.6) is 5.75 Å². The minimum Gasteiger partial charge on any atom is -0.871 e. The van der Waals surface area contributed by atoms with Crippen molar-refractivity contribution in [1.29, 1.82) is 0 Å². The first kappa shape index (κ1) is 25.3. The van der Waals surface area contributed by atoms with Gasteiger partial charge >= 0.3 is 29.6 Å². The Morgan fingerprint density at radius 3 is 2.35 bits per heavy atom. The SMILES string of the molecule is Nc1cccc(C(=O)Nc2ccc3c([O-])c(N=Nc4ccccc4)c(S(=O)(=O)O)cc3c2)c1.[Na+]. The zero-order valence-corrected chi connectivity index (χ0v) is 20.8. The van der Waals surface area contributed by atoms with E-state index < -0.39 is 32.4 Å². The number of carbonyl (C=O) groups is 1. The summed E-state index contributed by atoms with van der Waals surface area (Å²) in [6.45, 7) is 0. The number of anilines is 2. The van der Waals surface area contributed by atoms with Gasteiger partial charge in [-0.3, -0.25) is 9.35 Å². The fraction of sp³-hybridized carbons (Fsp3) is 0. The second kappa shape index (κ2) is 10.3. The average molecular weight is 484 g/mol. The number of fused-ring (bicyclic) bond motifs is 1. The van der Waals surface area contributed by atoms with Crippen molar-refractivity contribution in [3.8, 4) is 5.75 Å². The summed E-state index contributed by atoms with van der Waals surface area (Å²) in [6, 6.07) is 20.3. The molecule has 0 aromatic heterocycles. The van der Waals surface area contributed by atoms with Gasteiger partial charge in [0.25, 0.3) is 16.0 Å². The van der Waals surface area contributed by atoms with Crippen LogP contribution in [0.2, 0.25) is 0 Å². The number of nitrogen functional groups attached to an aromatic ring is 1. The number of nitrogens with one attached hydrogen (secondary N) is 1. The van der Waals surface area contributed by atoms with Crippen LogP contribution in [0.1, 0.15) is 10.4 Å². The quantitative estimate of drug-likeness (QED) is 0.168. The number of azo groups is 1. The second-order valence-electron chi connectivity index (χ2n) is 7.08. The maximum atomic E-state index is 13.0. The molecule has 166 valence electrons. The minimum atomic E-state index is -4.79. The Morgan fingerprint density at radius 1 is 0.941 bits per heavy atom. The van der Waals surface area contributed by atoms with Crippen LogP contribution in [-0.2, 0) is 10.1 Å². The molecule has 0 saturated heterocycles. The van der Waals surface area contributed by atoms with Crippen LogP contribution in [-0.4, -0.2) is 18.9 Å². The molecule has 0 radical (unpaired) electrons. The van der Waals surface area contributed by atoms with Gasteiger partial charge in [-0.1, -0.05) is 36.1 Å². The molecular formula is C23H17N4NaO5S. The van der Waals surface area contributed by atoms with Crippen molar-refractivity contribution in [2.24, 2.45) is 10.2 Å². The van der Waals surface area contributed by atoms with Gasteiger partial charge < -0.3 is 16.2 Å². The summed E-state index contributed by atoms with van der Waals surface area (Å²) in [5, 5.41) is 23.7. The fourth-order valence-electron chi connectivity index (χ4n) is 3.19. The van der Waals surface area contributed by atoms with Gasteiger partial charge in [0.1, 0.15) is 4.90 Å². The Labute approximate surface area is 217 Å². The summed E-state index contributed by atoms with van der Waals surface area (Å²) in [5.74, 6) is -1.17. The summed E-state index contributed by atoms with van der Waals surface area (Å²) in [6.07, 6.45) is 0. The van der Waals surface area contributed by atoms with E-state index in [9.17, 15) is 22.9 Å². The number of hydrogen-bond donors (Lipinski definition) is 3. The summed E-state index contributed by atoms with van der Waals surface area (Å²) in [4.78, 5) is 11.8. The fourth-order valence-corrected chi connectivity index (χ4v) is 3.85. The molecule has 4 rings (SSSR count). The van der Waals surface area contributed by atoms with Crippen molar-refractivity contribution in [2.45, 2.75) is 4.90 Å². The number of rotatable bonds is 5. The van der Waals surface area contributed by atoms with E-state index in [-0.39, 0.29) is 40.3 Å². The van der Waals surface area contributed by atoms with Crippen molar-refractivity contribution in [2.75, 3.05) is 11.1 Å². The predicted molar refractivity (Wildman–Crippen MR) is 123 cm³/mol. The third kappa shape index (κ3) is 5.61. The van der Waals surface area contributed by atoms with Gasteiger partial charge in [0.2, 0.25) is 0 Å². The van der Waals surface area contributed by atoms with E-state index in [1.54, 1.807) is 48.5 Å². The van der Waals surface area contributed by atoms with E-state index in [4.69, 9.17) is 5.73 Å². The summed E-state index contributed by atoms with van der Waals surface area (Å²) in [5.41, 5.74) is 6.66. The molecule has 0 aliphatic rings. The van der Waals surface area contributed by atoms with Gasteiger partial charge in [0, 0.05) is 16.9 Å². The number of nitrogens with two attached hydrogens (primary N) is 1. The zero-order chi connectivity index (χ0) is 23.6. The Hall–Kier alpha value is -3.28. The standard InChI is InChI=1S/C23H18N4O5S.Na/c24-16-6-4-5-14(11-16)23(29)25-18-9-10-19-15(12-18)13-20(33(30,31)32)21(22(19)28)27-26-17-7-2-1-3-8-17;/h1-13,28H,24H2,(H,25,29)(H,30,31,32);/q;+1/p-1. The van der Waals surface area contributed by atoms with Crippen LogP contribution < -0.4 is 45.7 Å². The van der Waals surface area contributed by atoms with Gasteiger partial charge in [-0.25, -0.2) is 0 Å². The normalized spacial score (nSPS) is 11.3. The molecule has 0 heterocycles. The van der Waals surface area contributed by atoms with Crippen molar-refractivity contribution < 1.29 is 52.4 Å². The number of hydrogen-bond acceptors (Lipinski definition) is 7. The molecule has 0 aliphatic heterocycles. The Balaban J connectivity index is 0.00000324. The molecule has 0 unspecified atom stereocenters. The van der Waals surface area contributed by atoms with Crippen LogP contribution in [0.3, 0.4) is 0 Å². The average Bonchev–Trinajstić information content (AvgIpc) is 2.78. The predicted octanol–water partition coefficient (Wildman–Crippen LogP) is 1.41. The van der Waals surface area contributed by atoms with E-state index in [1.165, 1.54) is 24.3 Å². The molecule has 0 saturated carbocycles. The first-order chi connectivity index (χ1) is 15.7. The Morgan fingerprint density at radius 2 is 1.68 bits per heavy atom. The topological polar surface area (TPSA) is 157 Å². The van der Waals surface area contributed by atoms with Gasteiger partial charge in [-0.15, -0.1) is 5.11 Å². The van der Waals surface area contributed by atoms with E-state index >= 15 is 0 Å². The first-order valence-corrected chi connectivity index (χ1v) is 11.1. The molecule has 0 aliphatic carbocycles. The molecule has 4 N–H and O–H groups in total. The molecular weight excluding hydrogens is 467 g/mol. The van der Waals surface area contributed by atoms with Crippen LogP contribution in [0.25, 0.3) is 10.8 Å². The maximum Gasteiger partial charge on any atom is 1.00 e. The number of nitrogens with zero attached hydrogens (tertiary/aromatic N) is 2. The Bertz CT molecular complexity index is 1510. The molecule has 1 amide bonds. The van der Waals surface area contributed by atoms with Crippen LogP contribution in [0.15, 0.2) is 94.0 Å². The van der Waals surface area contributed by atoms with E-state index in [0.29, 0.717) is 22.6 Å². The maximum absolute atomic E-state index is 13.0. The molecule has 0 fully saturated rings. The molecule has 0 bridgehead atoms. The largest absolute Gasteiger partial charge is 1.00 e. The second-order valence-corrected chi connectivity index (χ2v) is 8.47. The molecule has 0 atom stereocenters. The van der Waals surface area contributed by atoms with Crippen molar-refractivity contribution >= 4 is 49.5 Å². The summed E-state index contributed by atoms with van der Waals surface area (Å²) in [7, 11) is -4.79. The third-order valence-corrected chi connectivity index (χ3v) is 5.60. The Kier molecular flexibility index (Phi) is 7.70. The number of carbonyl (C=O) groups excluding carboxylic acids is 1. The van der Waals surface area contributed by atoms with E-state index in [2.05, 4.69) is 15.5 Å². The zero-order valence-electron chi connectivity index (χ0n) is 18.0. The van der Waals surface area contributed by atoms with Crippen LogP contribution >= 0.6 is 0 Å². The summed E-state index contributed by atoms with van der Waals surface area (Å²) >= 11 is 0. The monoisotopic (exact) mass is 484 g/mol. The molecule has 11 heteroatoms. The number of amides is 1. The number of benzene rings is 4. The molecule has 9 nitrogen and oxygen atoms in total. The molecule has 4 aromatic rings. The van der Waals surface area contributed by atoms with Gasteiger partial charge in [0.15, 0.2) is 0 Å². The van der Waals surface area contributed by atoms with E-state index in [1.807, 2.05) is 0 Å². The molecule has 34 heavy (non-hydrogen) atoms. The molecule has 0 spiro atoms. The third-order valence-electron chi connectivity index (χ3n) is 4.74.